The Kier molecular flexibility index (Phi) is 2.38. The highest BCUT2D eigenvalue weighted by atomic mass is 35.5. The Labute approximate surface area is 90.0 Å². The van der Waals surface area contributed by atoms with Crippen LogP contribution < -0.4 is 0 Å². The second kappa shape index (κ2) is 3.54. The first-order valence-electron chi connectivity index (χ1n) is 3.85. The monoisotopic (exact) mass is 226 g/mol. The molecule has 0 bridgehead atoms. The van der Waals surface area contributed by atoms with Crippen molar-refractivity contribution in [3.05, 3.63) is 33.1 Å². The third-order valence-electron chi connectivity index (χ3n) is 1.97. The second-order valence-corrected chi connectivity index (χ2v) is 3.53. The van der Waals surface area contributed by atoms with Crippen molar-refractivity contribution >= 4 is 35.2 Å². The average molecular weight is 227 g/mol. The van der Waals surface area contributed by atoms with Crippen molar-refractivity contribution in [2.24, 2.45) is 0 Å². The molecule has 1 aliphatic rings. The molecule has 0 aromatic carbocycles. The number of fused-ring (bicyclic) bond motifs is 1. The lowest BCUT2D eigenvalue weighted by molar-refractivity contribution is 0.567. The lowest BCUT2D eigenvalue weighted by Crippen LogP contribution is -2.03. The summed E-state index contributed by atoms with van der Waals surface area (Å²) in [5.41, 5.74) is 1.99. The Balaban J connectivity index is 2.66. The minimum atomic E-state index is 0.279. The van der Waals surface area contributed by atoms with E-state index in [4.69, 9.17) is 23.2 Å². The molecule has 2 rings (SSSR count). The molecule has 5 heteroatoms. The van der Waals surface area contributed by atoms with Gasteiger partial charge in [-0.1, -0.05) is 29.3 Å². The van der Waals surface area contributed by atoms with Crippen LogP contribution in [0.15, 0.2) is 11.6 Å². The number of aromatic nitrogens is 2. The average Bonchev–Trinajstić information content (AvgIpc) is 2.23. The van der Waals surface area contributed by atoms with Crippen LogP contribution in [0.5, 0.6) is 0 Å². The summed E-state index contributed by atoms with van der Waals surface area (Å²) in [6.07, 6.45) is 3.75. The summed E-state index contributed by atoms with van der Waals surface area (Å²) in [5, 5.41) is 7.91. The van der Waals surface area contributed by atoms with Gasteiger partial charge >= 0.3 is 0 Å². The number of allylic oxidation sites excluding steroid dienone is 2. The van der Waals surface area contributed by atoms with Crippen molar-refractivity contribution in [1.29, 1.82) is 0 Å². The van der Waals surface area contributed by atoms with E-state index < -0.39 is 0 Å². The molecule has 3 nitrogen and oxygen atoms in total. The quantitative estimate of drug-likeness (QED) is 0.637. The molecule has 1 heterocycles. The SMILES string of the molecule is O=C=C1C=Cc2c(Cl)nnc(Cl)c2C1. The van der Waals surface area contributed by atoms with Crippen LogP contribution in [-0.4, -0.2) is 16.1 Å². The van der Waals surface area contributed by atoms with Crippen molar-refractivity contribution in [3.63, 3.8) is 0 Å². The Bertz CT molecular complexity index is 476. The molecule has 14 heavy (non-hydrogen) atoms. The number of rotatable bonds is 0. The minimum absolute atomic E-state index is 0.279. The van der Waals surface area contributed by atoms with E-state index in [-0.39, 0.29) is 5.15 Å². The summed E-state index contributed by atoms with van der Waals surface area (Å²) in [4.78, 5) is 10.4. The fourth-order valence-corrected chi connectivity index (χ4v) is 1.70. The number of hydrogen-bond acceptors (Lipinski definition) is 3. The molecule has 0 N–H and O–H groups in total. The molecule has 0 atom stereocenters. The molecule has 1 aromatic rings. The van der Waals surface area contributed by atoms with Crippen molar-refractivity contribution < 1.29 is 4.79 Å². The van der Waals surface area contributed by atoms with E-state index in [2.05, 4.69) is 10.2 Å². The van der Waals surface area contributed by atoms with E-state index in [0.717, 1.165) is 11.1 Å². The van der Waals surface area contributed by atoms with Gasteiger partial charge in [-0.25, -0.2) is 4.79 Å². The van der Waals surface area contributed by atoms with E-state index in [9.17, 15) is 4.79 Å². The Morgan fingerprint density at radius 2 is 1.93 bits per heavy atom. The zero-order valence-corrected chi connectivity index (χ0v) is 8.43. The molecule has 0 aliphatic heterocycles. The predicted octanol–water partition coefficient (Wildman–Crippen LogP) is 2.11. The van der Waals surface area contributed by atoms with E-state index in [1.165, 1.54) is 0 Å². The summed E-state index contributed by atoms with van der Waals surface area (Å²) in [6, 6.07) is 0. The number of nitrogens with zero attached hydrogens (tertiary/aromatic N) is 2. The van der Waals surface area contributed by atoms with E-state index in [0.29, 0.717) is 17.1 Å². The van der Waals surface area contributed by atoms with Crippen LogP contribution in [0.25, 0.3) is 6.08 Å². The first-order valence-corrected chi connectivity index (χ1v) is 4.60. The van der Waals surface area contributed by atoms with Gasteiger partial charge in [0.1, 0.15) is 5.94 Å². The summed E-state index contributed by atoms with van der Waals surface area (Å²) in [7, 11) is 0. The highest BCUT2D eigenvalue weighted by Crippen LogP contribution is 2.29. The number of halogens is 2. The fourth-order valence-electron chi connectivity index (χ4n) is 1.28. The first kappa shape index (κ1) is 9.41. The topological polar surface area (TPSA) is 42.9 Å². The zero-order chi connectivity index (χ0) is 10.1. The van der Waals surface area contributed by atoms with Crippen LogP contribution in [0.3, 0.4) is 0 Å². The van der Waals surface area contributed by atoms with Gasteiger partial charge in [0.2, 0.25) is 0 Å². The second-order valence-electron chi connectivity index (χ2n) is 2.81. The number of hydrogen-bond donors (Lipinski definition) is 0. The highest BCUT2D eigenvalue weighted by molar-refractivity contribution is 6.33. The maximum absolute atomic E-state index is 10.4. The van der Waals surface area contributed by atoms with Gasteiger partial charge in [0.05, 0.1) is 0 Å². The van der Waals surface area contributed by atoms with Crippen LogP contribution in [0.1, 0.15) is 11.1 Å². The predicted molar refractivity (Wildman–Crippen MR) is 54.0 cm³/mol. The van der Waals surface area contributed by atoms with Gasteiger partial charge in [-0.2, -0.15) is 0 Å². The van der Waals surface area contributed by atoms with Gasteiger partial charge < -0.3 is 0 Å². The Morgan fingerprint density at radius 1 is 1.21 bits per heavy atom. The smallest absolute Gasteiger partial charge is 0.159 e. The van der Waals surface area contributed by atoms with Crippen LogP contribution in [-0.2, 0) is 11.2 Å². The van der Waals surface area contributed by atoms with Gasteiger partial charge in [0.25, 0.3) is 0 Å². The third-order valence-corrected chi connectivity index (χ3v) is 2.55. The number of carbonyl (C=O) groups excluding carboxylic acids is 1. The largest absolute Gasteiger partial charge is 0.233 e. The summed E-state index contributed by atoms with van der Waals surface area (Å²) < 4.78 is 0. The lowest BCUT2D eigenvalue weighted by Gasteiger charge is -2.11. The van der Waals surface area contributed by atoms with Gasteiger partial charge in [0.15, 0.2) is 10.3 Å². The Hall–Kier alpha value is -1.15. The van der Waals surface area contributed by atoms with Crippen molar-refractivity contribution in [2.45, 2.75) is 6.42 Å². The van der Waals surface area contributed by atoms with Crippen molar-refractivity contribution in [1.82, 2.24) is 10.2 Å². The minimum Gasteiger partial charge on any atom is -0.233 e. The molecular formula is C9H4Cl2N2O. The van der Waals surface area contributed by atoms with Gasteiger partial charge in [-0.15, -0.1) is 10.2 Å². The molecule has 70 valence electrons. The van der Waals surface area contributed by atoms with Crippen LogP contribution >= 0.6 is 23.2 Å². The zero-order valence-electron chi connectivity index (χ0n) is 6.92. The maximum atomic E-state index is 10.4. The van der Waals surface area contributed by atoms with Gasteiger partial charge in [-0.3, -0.25) is 0 Å². The molecule has 0 radical (unpaired) electrons. The lowest BCUT2D eigenvalue weighted by atomic mass is 9.97. The first-order chi connectivity index (χ1) is 6.72. The molecule has 0 amide bonds. The van der Waals surface area contributed by atoms with Crippen LogP contribution in [0.4, 0.5) is 0 Å². The van der Waals surface area contributed by atoms with Gasteiger partial charge in [-0.05, 0) is 6.08 Å². The van der Waals surface area contributed by atoms with E-state index in [1.54, 1.807) is 12.2 Å². The fraction of sp³-hybridized carbons (Fsp3) is 0.111. The molecule has 1 aromatic heterocycles. The van der Waals surface area contributed by atoms with E-state index in [1.807, 2.05) is 5.94 Å². The van der Waals surface area contributed by atoms with Crippen molar-refractivity contribution in [2.75, 3.05) is 0 Å². The normalized spacial score (nSPS) is 13.7. The molecule has 1 aliphatic carbocycles. The van der Waals surface area contributed by atoms with Crippen molar-refractivity contribution in [3.8, 4) is 0 Å². The Morgan fingerprint density at radius 3 is 2.64 bits per heavy atom. The van der Waals surface area contributed by atoms with Gasteiger partial charge in [0, 0.05) is 23.1 Å². The molecular weight excluding hydrogens is 223 g/mol. The summed E-state index contributed by atoms with van der Waals surface area (Å²) in [6.45, 7) is 0. The van der Waals surface area contributed by atoms with E-state index >= 15 is 0 Å². The third kappa shape index (κ3) is 1.46. The molecule has 0 spiro atoms. The van der Waals surface area contributed by atoms with Crippen LogP contribution in [0.2, 0.25) is 10.3 Å². The molecule has 0 fully saturated rings. The van der Waals surface area contributed by atoms with Crippen LogP contribution in [0, 0.1) is 0 Å². The standard InChI is InChI=1S/C9H4Cl2N2O/c10-8-6-2-1-5(4-14)3-7(6)9(11)13-12-8/h1-2H,3H2. The highest BCUT2D eigenvalue weighted by Gasteiger charge is 2.16. The summed E-state index contributed by atoms with van der Waals surface area (Å²) in [5.74, 6) is 1.82. The molecule has 0 unspecified atom stereocenters. The summed E-state index contributed by atoms with van der Waals surface area (Å²) >= 11 is 11.6. The molecule has 0 saturated carbocycles. The molecule has 0 saturated heterocycles. The maximum Gasteiger partial charge on any atom is 0.159 e.